The molecule has 1 N–H and O–H groups in total. The quantitative estimate of drug-likeness (QED) is 0.315. The van der Waals surface area contributed by atoms with Crippen LogP contribution < -0.4 is 19.3 Å². The first kappa shape index (κ1) is 24.2. The molecule has 11 heteroatoms. The van der Waals surface area contributed by atoms with Gasteiger partial charge in [0.2, 0.25) is 0 Å². The third-order valence-corrected chi connectivity index (χ3v) is 6.14. The van der Waals surface area contributed by atoms with Crippen LogP contribution >= 0.6 is 0 Å². The van der Waals surface area contributed by atoms with Crippen LogP contribution in [0.5, 0.6) is 11.5 Å². The number of carbonyl (C=O) groups excluding carboxylic acids is 2. The van der Waals surface area contributed by atoms with Crippen molar-refractivity contribution in [2.75, 3.05) is 30.0 Å². The molecule has 2 aliphatic rings. The molecule has 0 saturated carbocycles. The summed E-state index contributed by atoms with van der Waals surface area (Å²) < 4.78 is 47.3. The molecule has 37 heavy (non-hydrogen) atoms. The highest BCUT2D eigenvalue weighted by Gasteiger charge is 2.47. The molecule has 1 saturated heterocycles. The molecule has 0 bridgehead atoms. The fourth-order valence-electron chi connectivity index (χ4n) is 4.42. The van der Waals surface area contributed by atoms with E-state index in [0.29, 0.717) is 35.7 Å². The van der Waals surface area contributed by atoms with Crippen LogP contribution in [-0.2, 0) is 9.59 Å². The molecule has 2 aromatic carbocycles. The molecular formula is C26H20F3N3O5. The number of likely N-dealkylation sites (N-methyl/N-ethyl adjacent to an activating group) is 1. The van der Waals surface area contributed by atoms with E-state index in [4.69, 9.17) is 4.74 Å². The van der Waals surface area contributed by atoms with Gasteiger partial charge in [0, 0.05) is 30.7 Å². The highest BCUT2D eigenvalue weighted by atomic mass is 19.4. The number of fused-ring (bicyclic) bond motifs is 1. The van der Waals surface area contributed by atoms with Crippen LogP contribution in [0, 0.1) is 0 Å². The standard InChI is InChI=1S/C26H20F3N3O5/c1-31-12-13-36-20-7-2-16(14-19(20)31)23(33)21-22(15-8-10-30-11-9-15)32(25(35)24(21)34)17-3-5-18(6-4-17)37-26(27,28)29/h2-11,14,22,33H,12-13H2,1H3/b23-21-. The molecule has 0 radical (unpaired) electrons. The maximum Gasteiger partial charge on any atom is 0.573 e. The van der Waals surface area contributed by atoms with Crippen molar-refractivity contribution in [2.24, 2.45) is 0 Å². The molecule has 0 aliphatic carbocycles. The lowest BCUT2D eigenvalue weighted by atomic mass is 9.95. The number of ether oxygens (including phenoxy) is 2. The summed E-state index contributed by atoms with van der Waals surface area (Å²) in [5, 5.41) is 11.3. The topological polar surface area (TPSA) is 92.2 Å². The molecule has 3 aromatic rings. The van der Waals surface area contributed by atoms with E-state index in [1.807, 2.05) is 11.9 Å². The molecule has 2 aliphatic heterocycles. The van der Waals surface area contributed by atoms with Gasteiger partial charge in [-0.15, -0.1) is 13.2 Å². The van der Waals surface area contributed by atoms with Crippen LogP contribution in [0.25, 0.3) is 5.76 Å². The molecule has 190 valence electrons. The normalized spacial score (nSPS) is 19.0. The van der Waals surface area contributed by atoms with Gasteiger partial charge in [0.25, 0.3) is 11.7 Å². The van der Waals surface area contributed by atoms with E-state index in [1.165, 1.54) is 24.5 Å². The number of hydrogen-bond donors (Lipinski definition) is 1. The van der Waals surface area contributed by atoms with Crippen LogP contribution in [0.2, 0.25) is 0 Å². The van der Waals surface area contributed by atoms with Crippen molar-refractivity contribution in [3.05, 3.63) is 83.7 Å². The van der Waals surface area contributed by atoms with Gasteiger partial charge in [-0.25, -0.2) is 0 Å². The number of carbonyl (C=O) groups is 2. The summed E-state index contributed by atoms with van der Waals surface area (Å²) in [6, 6.07) is 11.6. The van der Waals surface area contributed by atoms with E-state index in [-0.39, 0.29) is 17.0 Å². The first-order valence-electron chi connectivity index (χ1n) is 11.2. The molecule has 1 amide bonds. The SMILES string of the molecule is CN1CCOc2ccc(/C(O)=C3/C(=O)C(=O)N(c4ccc(OC(F)(F)F)cc4)C3c3ccncc3)cc21. The van der Waals surface area contributed by atoms with Gasteiger partial charge in [-0.3, -0.25) is 19.5 Å². The largest absolute Gasteiger partial charge is 0.573 e. The Hall–Kier alpha value is -4.54. The van der Waals surface area contributed by atoms with Gasteiger partial charge in [-0.2, -0.15) is 0 Å². The number of rotatable bonds is 4. The number of nitrogens with zero attached hydrogens (tertiary/aromatic N) is 3. The third kappa shape index (κ3) is 4.55. The molecule has 8 nitrogen and oxygen atoms in total. The molecule has 5 rings (SSSR count). The summed E-state index contributed by atoms with van der Waals surface area (Å²) in [6.45, 7) is 1.14. The molecule has 1 aromatic heterocycles. The lowest BCUT2D eigenvalue weighted by Crippen LogP contribution is -2.29. The highest BCUT2D eigenvalue weighted by Crippen LogP contribution is 2.43. The zero-order valence-corrected chi connectivity index (χ0v) is 19.4. The molecule has 1 unspecified atom stereocenters. The number of aliphatic hydroxyl groups is 1. The summed E-state index contributed by atoms with van der Waals surface area (Å²) in [7, 11) is 1.87. The van der Waals surface area contributed by atoms with E-state index in [0.717, 1.165) is 17.0 Å². The van der Waals surface area contributed by atoms with Gasteiger partial charge in [-0.05, 0) is 60.2 Å². The predicted octanol–water partition coefficient (Wildman–Crippen LogP) is 4.44. The minimum absolute atomic E-state index is 0.149. The molecule has 0 spiro atoms. The Morgan fingerprint density at radius 1 is 1.08 bits per heavy atom. The second-order valence-electron chi connectivity index (χ2n) is 8.44. The van der Waals surface area contributed by atoms with Crippen molar-refractivity contribution in [2.45, 2.75) is 12.4 Å². The second-order valence-corrected chi connectivity index (χ2v) is 8.44. The van der Waals surface area contributed by atoms with E-state index in [1.54, 1.807) is 30.3 Å². The zero-order chi connectivity index (χ0) is 26.3. The molecule has 1 atom stereocenters. The van der Waals surface area contributed by atoms with Crippen LogP contribution in [0.3, 0.4) is 0 Å². The smallest absolute Gasteiger partial charge is 0.507 e. The highest BCUT2D eigenvalue weighted by molar-refractivity contribution is 6.51. The fraction of sp³-hybridized carbons (Fsp3) is 0.192. The maximum absolute atomic E-state index is 13.3. The number of benzene rings is 2. The summed E-state index contributed by atoms with van der Waals surface area (Å²) in [6.07, 6.45) is -1.93. The number of aromatic nitrogens is 1. The van der Waals surface area contributed by atoms with Crippen molar-refractivity contribution in [3.63, 3.8) is 0 Å². The summed E-state index contributed by atoms with van der Waals surface area (Å²) in [4.78, 5) is 33.5. The van der Waals surface area contributed by atoms with Crippen molar-refractivity contribution >= 4 is 28.8 Å². The average molecular weight is 511 g/mol. The minimum Gasteiger partial charge on any atom is -0.507 e. The van der Waals surface area contributed by atoms with Gasteiger partial charge in [0.05, 0.1) is 23.8 Å². The van der Waals surface area contributed by atoms with Gasteiger partial charge in [-0.1, -0.05) is 0 Å². The Morgan fingerprint density at radius 2 is 1.78 bits per heavy atom. The molecule has 1 fully saturated rings. The van der Waals surface area contributed by atoms with Gasteiger partial charge < -0.3 is 19.5 Å². The van der Waals surface area contributed by atoms with Crippen molar-refractivity contribution in [3.8, 4) is 11.5 Å². The Labute approximate surface area is 209 Å². The zero-order valence-electron chi connectivity index (χ0n) is 19.4. The number of halogens is 3. The number of Topliss-reactive ketones (excluding diaryl/α,β-unsaturated/α-hetero) is 1. The van der Waals surface area contributed by atoms with E-state index in [2.05, 4.69) is 9.72 Å². The Balaban J connectivity index is 1.62. The Kier molecular flexibility index (Phi) is 5.98. The minimum atomic E-state index is -4.88. The van der Waals surface area contributed by atoms with Crippen molar-refractivity contribution in [1.29, 1.82) is 0 Å². The van der Waals surface area contributed by atoms with Crippen molar-refractivity contribution in [1.82, 2.24) is 4.98 Å². The van der Waals surface area contributed by atoms with Gasteiger partial charge in [0.15, 0.2) is 0 Å². The number of pyridine rings is 1. The number of hydrogen-bond acceptors (Lipinski definition) is 7. The number of anilines is 2. The molecular weight excluding hydrogens is 491 g/mol. The monoisotopic (exact) mass is 511 g/mol. The Bertz CT molecular complexity index is 1390. The van der Waals surface area contributed by atoms with Crippen LogP contribution in [0.1, 0.15) is 17.2 Å². The number of alkyl halides is 3. The summed E-state index contributed by atoms with van der Waals surface area (Å²) >= 11 is 0. The summed E-state index contributed by atoms with van der Waals surface area (Å²) in [5.41, 5.74) is 1.49. The maximum atomic E-state index is 13.3. The molecule has 3 heterocycles. The van der Waals surface area contributed by atoms with Gasteiger partial charge >= 0.3 is 6.36 Å². The lowest BCUT2D eigenvalue weighted by Gasteiger charge is -2.28. The van der Waals surface area contributed by atoms with Crippen LogP contribution in [0.4, 0.5) is 24.5 Å². The first-order chi connectivity index (χ1) is 17.6. The number of amides is 1. The van der Waals surface area contributed by atoms with E-state index >= 15 is 0 Å². The van der Waals surface area contributed by atoms with Crippen LogP contribution in [-0.4, -0.2) is 48.3 Å². The van der Waals surface area contributed by atoms with E-state index < -0.39 is 29.8 Å². The first-order valence-corrected chi connectivity index (χ1v) is 11.2. The lowest BCUT2D eigenvalue weighted by molar-refractivity contribution is -0.274. The predicted molar refractivity (Wildman–Crippen MR) is 127 cm³/mol. The van der Waals surface area contributed by atoms with Crippen LogP contribution in [0.15, 0.2) is 72.6 Å². The van der Waals surface area contributed by atoms with E-state index in [9.17, 15) is 27.9 Å². The average Bonchev–Trinajstić information content (AvgIpc) is 3.14. The van der Waals surface area contributed by atoms with Crippen molar-refractivity contribution < 1.29 is 37.3 Å². The number of aliphatic hydroxyl groups excluding tert-OH is 1. The number of ketones is 1. The van der Waals surface area contributed by atoms with Gasteiger partial charge in [0.1, 0.15) is 23.9 Å². The second kappa shape index (κ2) is 9.16. The fourth-order valence-corrected chi connectivity index (χ4v) is 4.42. The third-order valence-electron chi connectivity index (χ3n) is 6.14. The summed E-state index contributed by atoms with van der Waals surface area (Å²) in [5.74, 6) is -2.11. The Morgan fingerprint density at radius 3 is 2.46 bits per heavy atom.